The van der Waals surface area contributed by atoms with Gasteiger partial charge in [-0.3, -0.25) is 9.59 Å². The number of nitrogens with zero attached hydrogens (tertiary/aromatic N) is 4. The molecule has 0 aliphatic heterocycles. The molecule has 2 rings (SSSR count). The number of rotatable bonds is 8. The first-order chi connectivity index (χ1) is 12.4. The summed E-state index contributed by atoms with van der Waals surface area (Å²) < 4.78 is 5.55. The summed E-state index contributed by atoms with van der Waals surface area (Å²) in [6.45, 7) is 5.13. The number of thioether (sulfide) groups is 1. The molecular formula is C17H21ClN4O3S. The van der Waals surface area contributed by atoms with Crippen molar-refractivity contribution in [2.45, 2.75) is 19.1 Å². The number of amides is 2. The largest absolute Gasteiger partial charge is 0.411 e. The van der Waals surface area contributed by atoms with Gasteiger partial charge in [0.2, 0.25) is 17.7 Å². The van der Waals surface area contributed by atoms with Crippen LogP contribution in [-0.2, 0) is 9.59 Å². The number of carbonyl (C=O) groups excluding carboxylic acids is 2. The molecule has 2 amide bonds. The van der Waals surface area contributed by atoms with Crippen LogP contribution in [0.4, 0.5) is 0 Å². The van der Waals surface area contributed by atoms with Gasteiger partial charge >= 0.3 is 0 Å². The summed E-state index contributed by atoms with van der Waals surface area (Å²) in [6.07, 6.45) is 0. The predicted molar refractivity (Wildman–Crippen MR) is 101 cm³/mol. The van der Waals surface area contributed by atoms with Crippen LogP contribution in [0.15, 0.2) is 33.9 Å². The van der Waals surface area contributed by atoms with E-state index in [4.69, 9.17) is 16.0 Å². The van der Waals surface area contributed by atoms with Gasteiger partial charge < -0.3 is 14.2 Å². The first kappa shape index (κ1) is 20.3. The molecule has 140 valence electrons. The topological polar surface area (TPSA) is 79.5 Å². The summed E-state index contributed by atoms with van der Waals surface area (Å²) >= 11 is 6.99. The Kier molecular flexibility index (Phi) is 7.47. The minimum atomic E-state index is -0.179. The molecule has 1 heterocycles. The van der Waals surface area contributed by atoms with Gasteiger partial charge in [0.05, 0.1) is 12.3 Å². The molecular weight excluding hydrogens is 376 g/mol. The summed E-state index contributed by atoms with van der Waals surface area (Å²) in [4.78, 5) is 27.3. The molecule has 0 spiro atoms. The van der Waals surface area contributed by atoms with Crippen LogP contribution >= 0.6 is 23.4 Å². The summed E-state index contributed by atoms with van der Waals surface area (Å²) in [5.41, 5.74) is 0.752. The van der Waals surface area contributed by atoms with Crippen molar-refractivity contribution in [2.24, 2.45) is 0 Å². The Bertz CT molecular complexity index is 747. The number of halogens is 1. The van der Waals surface area contributed by atoms with Crippen molar-refractivity contribution in [3.05, 3.63) is 29.3 Å². The average Bonchev–Trinajstić information content (AvgIpc) is 3.10. The standard InChI is InChI=1S/C17H21ClN4O3S/c1-4-22(5-2)14(23)10-21(3)15(24)11-26-17-20-19-16(25-17)12-6-8-13(18)9-7-12/h6-9H,4-5,10-11H2,1-3H3. The van der Waals surface area contributed by atoms with Crippen LogP contribution in [0.25, 0.3) is 11.5 Å². The van der Waals surface area contributed by atoms with Gasteiger partial charge in [-0.05, 0) is 38.1 Å². The van der Waals surface area contributed by atoms with Gasteiger partial charge in [0.25, 0.3) is 5.22 Å². The van der Waals surface area contributed by atoms with Gasteiger partial charge in [0.1, 0.15) is 0 Å². The summed E-state index contributed by atoms with van der Waals surface area (Å²) in [5, 5.41) is 8.81. The highest BCUT2D eigenvalue weighted by atomic mass is 35.5. The Balaban J connectivity index is 1.87. The van der Waals surface area contributed by atoms with Gasteiger partial charge in [-0.15, -0.1) is 10.2 Å². The van der Waals surface area contributed by atoms with E-state index in [0.29, 0.717) is 29.2 Å². The molecule has 0 atom stereocenters. The van der Waals surface area contributed by atoms with Crippen molar-refractivity contribution in [2.75, 3.05) is 32.4 Å². The predicted octanol–water partition coefficient (Wildman–Crippen LogP) is 2.81. The van der Waals surface area contributed by atoms with Crippen LogP contribution in [0.2, 0.25) is 5.02 Å². The summed E-state index contributed by atoms with van der Waals surface area (Å²) in [6, 6.07) is 7.03. The third kappa shape index (κ3) is 5.47. The molecule has 0 aliphatic rings. The van der Waals surface area contributed by atoms with E-state index in [0.717, 1.165) is 17.3 Å². The molecule has 7 nitrogen and oxygen atoms in total. The van der Waals surface area contributed by atoms with Gasteiger partial charge in [0.15, 0.2) is 0 Å². The van der Waals surface area contributed by atoms with E-state index < -0.39 is 0 Å². The third-order valence-corrected chi connectivity index (χ3v) is 4.79. The van der Waals surface area contributed by atoms with Crippen molar-refractivity contribution >= 4 is 35.2 Å². The molecule has 9 heteroatoms. The lowest BCUT2D eigenvalue weighted by molar-refractivity contribution is -0.137. The number of hydrogen-bond acceptors (Lipinski definition) is 6. The maximum Gasteiger partial charge on any atom is 0.277 e. The second kappa shape index (κ2) is 9.59. The monoisotopic (exact) mass is 396 g/mol. The number of benzene rings is 1. The molecule has 0 saturated heterocycles. The van der Waals surface area contributed by atoms with E-state index >= 15 is 0 Å². The number of carbonyl (C=O) groups is 2. The average molecular weight is 397 g/mol. The highest BCUT2D eigenvalue weighted by Crippen LogP contribution is 2.24. The van der Waals surface area contributed by atoms with Crippen LogP contribution in [-0.4, -0.2) is 64.2 Å². The van der Waals surface area contributed by atoms with Gasteiger partial charge in [-0.25, -0.2) is 0 Å². The molecule has 0 N–H and O–H groups in total. The summed E-state index contributed by atoms with van der Waals surface area (Å²) in [5.74, 6) is 0.228. The molecule has 0 saturated carbocycles. The number of hydrogen-bond donors (Lipinski definition) is 0. The molecule has 0 bridgehead atoms. The SMILES string of the molecule is CCN(CC)C(=O)CN(C)C(=O)CSc1nnc(-c2ccc(Cl)cc2)o1. The lowest BCUT2D eigenvalue weighted by atomic mass is 10.2. The Hall–Kier alpha value is -2.06. The Labute approximate surface area is 161 Å². The zero-order valence-corrected chi connectivity index (χ0v) is 16.5. The van der Waals surface area contributed by atoms with Crippen LogP contribution in [0.3, 0.4) is 0 Å². The van der Waals surface area contributed by atoms with Crippen molar-refractivity contribution < 1.29 is 14.0 Å². The highest BCUT2D eigenvalue weighted by molar-refractivity contribution is 7.99. The third-order valence-electron chi connectivity index (χ3n) is 3.73. The normalized spacial score (nSPS) is 10.6. The Morgan fingerprint density at radius 1 is 1.12 bits per heavy atom. The maximum absolute atomic E-state index is 12.2. The lowest BCUT2D eigenvalue weighted by Crippen LogP contribution is -2.41. The zero-order valence-electron chi connectivity index (χ0n) is 14.9. The first-order valence-electron chi connectivity index (χ1n) is 8.18. The fraction of sp³-hybridized carbons (Fsp3) is 0.412. The molecule has 1 aromatic carbocycles. The van der Waals surface area contributed by atoms with Crippen molar-refractivity contribution in [1.29, 1.82) is 0 Å². The minimum absolute atomic E-state index is 0.0565. The second-order valence-electron chi connectivity index (χ2n) is 5.48. The molecule has 0 radical (unpaired) electrons. The van der Waals surface area contributed by atoms with Gasteiger partial charge in [0, 0.05) is 30.7 Å². The van der Waals surface area contributed by atoms with E-state index in [1.165, 1.54) is 4.90 Å². The first-order valence-corrected chi connectivity index (χ1v) is 9.54. The number of aromatic nitrogens is 2. The van der Waals surface area contributed by atoms with E-state index in [1.807, 2.05) is 13.8 Å². The quantitative estimate of drug-likeness (QED) is 0.638. The van der Waals surface area contributed by atoms with E-state index in [2.05, 4.69) is 10.2 Å². The second-order valence-corrected chi connectivity index (χ2v) is 6.85. The fourth-order valence-electron chi connectivity index (χ4n) is 2.18. The molecule has 1 aromatic heterocycles. The highest BCUT2D eigenvalue weighted by Gasteiger charge is 2.18. The van der Waals surface area contributed by atoms with Gasteiger partial charge in [-0.2, -0.15) is 0 Å². The number of likely N-dealkylation sites (N-methyl/N-ethyl adjacent to an activating group) is 2. The van der Waals surface area contributed by atoms with Crippen LogP contribution in [0, 0.1) is 0 Å². The maximum atomic E-state index is 12.2. The van der Waals surface area contributed by atoms with E-state index in [-0.39, 0.29) is 24.1 Å². The molecule has 0 aliphatic carbocycles. The van der Waals surface area contributed by atoms with Crippen molar-refractivity contribution in [3.63, 3.8) is 0 Å². The van der Waals surface area contributed by atoms with Crippen LogP contribution in [0.5, 0.6) is 0 Å². The Morgan fingerprint density at radius 2 is 1.77 bits per heavy atom. The molecule has 2 aromatic rings. The van der Waals surface area contributed by atoms with Crippen LogP contribution < -0.4 is 0 Å². The smallest absolute Gasteiger partial charge is 0.277 e. The lowest BCUT2D eigenvalue weighted by Gasteiger charge is -2.22. The Morgan fingerprint density at radius 3 is 2.38 bits per heavy atom. The minimum Gasteiger partial charge on any atom is -0.411 e. The fourth-order valence-corrected chi connectivity index (χ4v) is 3.01. The zero-order chi connectivity index (χ0) is 19.1. The molecule has 26 heavy (non-hydrogen) atoms. The van der Waals surface area contributed by atoms with Crippen LogP contribution in [0.1, 0.15) is 13.8 Å². The van der Waals surface area contributed by atoms with Crippen molar-refractivity contribution in [1.82, 2.24) is 20.0 Å². The van der Waals surface area contributed by atoms with E-state index in [9.17, 15) is 9.59 Å². The van der Waals surface area contributed by atoms with Gasteiger partial charge in [-0.1, -0.05) is 23.4 Å². The van der Waals surface area contributed by atoms with Crippen molar-refractivity contribution in [3.8, 4) is 11.5 Å². The summed E-state index contributed by atoms with van der Waals surface area (Å²) in [7, 11) is 1.61. The molecule has 0 fully saturated rings. The molecule has 0 unspecified atom stereocenters. The van der Waals surface area contributed by atoms with E-state index in [1.54, 1.807) is 36.2 Å².